The predicted octanol–water partition coefficient (Wildman–Crippen LogP) is 0.496. The van der Waals surface area contributed by atoms with Crippen LogP contribution in [0.3, 0.4) is 0 Å². The normalized spacial score (nSPS) is 25.3. The molecule has 0 heterocycles. The Balaban J connectivity index is 2.40. The molecule has 0 radical (unpaired) electrons. The standard InChI is InChI=1S/C10H12N2O3/c11-5-7(6-12)10(14)15-9-3-1-8(13)2-4-9/h7-9,13H,1-4H2. The summed E-state index contributed by atoms with van der Waals surface area (Å²) in [5.74, 6) is -2.11. The zero-order chi connectivity index (χ0) is 11.3. The number of hydrogen-bond donors (Lipinski definition) is 1. The fourth-order valence-electron chi connectivity index (χ4n) is 1.53. The summed E-state index contributed by atoms with van der Waals surface area (Å²) in [6, 6.07) is 3.13. The van der Waals surface area contributed by atoms with E-state index in [4.69, 9.17) is 15.3 Å². The second-order valence-electron chi connectivity index (χ2n) is 3.56. The first kappa shape index (κ1) is 11.5. The molecule has 5 heteroatoms. The van der Waals surface area contributed by atoms with E-state index in [1.807, 2.05) is 0 Å². The van der Waals surface area contributed by atoms with Crippen LogP contribution in [0.2, 0.25) is 0 Å². The van der Waals surface area contributed by atoms with Gasteiger partial charge in [-0.15, -0.1) is 0 Å². The van der Waals surface area contributed by atoms with E-state index in [2.05, 4.69) is 0 Å². The summed E-state index contributed by atoms with van der Waals surface area (Å²) in [6.07, 6.45) is 1.81. The zero-order valence-corrected chi connectivity index (χ0v) is 8.22. The van der Waals surface area contributed by atoms with Crippen LogP contribution in [0.5, 0.6) is 0 Å². The van der Waals surface area contributed by atoms with Crippen LogP contribution in [0.1, 0.15) is 25.7 Å². The molecule has 5 nitrogen and oxygen atoms in total. The minimum atomic E-state index is -1.34. The third-order valence-corrected chi connectivity index (χ3v) is 2.42. The van der Waals surface area contributed by atoms with Gasteiger partial charge in [-0.1, -0.05) is 0 Å². The van der Waals surface area contributed by atoms with Crippen molar-refractivity contribution >= 4 is 5.97 Å². The van der Waals surface area contributed by atoms with Crippen molar-refractivity contribution in [3.63, 3.8) is 0 Å². The number of hydrogen-bond acceptors (Lipinski definition) is 5. The largest absolute Gasteiger partial charge is 0.461 e. The van der Waals surface area contributed by atoms with Crippen molar-refractivity contribution < 1.29 is 14.6 Å². The number of ether oxygens (including phenoxy) is 1. The van der Waals surface area contributed by atoms with Gasteiger partial charge in [0, 0.05) is 0 Å². The van der Waals surface area contributed by atoms with Crippen LogP contribution >= 0.6 is 0 Å². The molecule has 0 aromatic heterocycles. The van der Waals surface area contributed by atoms with Gasteiger partial charge in [-0.2, -0.15) is 10.5 Å². The summed E-state index contributed by atoms with van der Waals surface area (Å²) in [6.45, 7) is 0. The van der Waals surface area contributed by atoms with Crippen molar-refractivity contribution in [1.82, 2.24) is 0 Å². The first-order chi connectivity index (χ1) is 7.17. The molecule has 0 aromatic carbocycles. The van der Waals surface area contributed by atoms with Crippen molar-refractivity contribution in [2.45, 2.75) is 37.9 Å². The van der Waals surface area contributed by atoms with Crippen LogP contribution in [-0.2, 0) is 9.53 Å². The molecular weight excluding hydrogens is 196 g/mol. The van der Waals surface area contributed by atoms with Gasteiger partial charge in [0.1, 0.15) is 6.10 Å². The molecule has 1 saturated carbocycles. The Labute approximate surface area is 87.9 Å². The van der Waals surface area contributed by atoms with Crippen molar-refractivity contribution in [3.8, 4) is 12.1 Å². The highest BCUT2D eigenvalue weighted by atomic mass is 16.5. The van der Waals surface area contributed by atoms with Crippen molar-refractivity contribution in [1.29, 1.82) is 10.5 Å². The number of carbonyl (C=O) groups excluding carboxylic acids is 1. The van der Waals surface area contributed by atoms with E-state index in [0.29, 0.717) is 25.7 Å². The topological polar surface area (TPSA) is 94.1 Å². The lowest BCUT2D eigenvalue weighted by atomic mass is 9.95. The third-order valence-electron chi connectivity index (χ3n) is 2.42. The molecule has 0 atom stereocenters. The summed E-state index contributed by atoms with van der Waals surface area (Å²) in [5, 5.41) is 26.1. The van der Waals surface area contributed by atoms with Crippen LogP contribution < -0.4 is 0 Å². The van der Waals surface area contributed by atoms with Crippen LogP contribution in [0.15, 0.2) is 0 Å². The van der Waals surface area contributed by atoms with E-state index in [-0.39, 0.29) is 12.2 Å². The van der Waals surface area contributed by atoms with Crippen molar-refractivity contribution in [2.75, 3.05) is 0 Å². The predicted molar refractivity (Wildman–Crippen MR) is 49.1 cm³/mol. The highest BCUT2D eigenvalue weighted by Crippen LogP contribution is 2.21. The average molecular weight is 208 g/mol. The molecular formula is C10H12N2O3. The lowest BCUT2D eigenvalue weighted by Crippen LogP contribution is -2.28. The highest BCUT2D eigenvalue weighted by Gasteiger charge is 2.26. The quantitative estimate of drug-likeness (QED) is 0.666. The Hall–Kier alpha value is -1.59. The van der Waals surface area contributed by atoms with E-state index in [9.17, 15) is 9.90 Å². The van der Waals surface area contributed by atoms with Crippen LogP contribution in [0, 0.1) is 28.6 Å². The van der Waals surface area contributed by atoms with Gasteiger partial charge in [0.25, 0.3) is 0 Å². The number of aliphatic hydroxyl groups is 1. The fourth-order valence-corrected chi connectivity index (χ4v) is 1.53. The maximum Gasteiger partial charge on any atom is 0.338 e. The molecule has 0 unspecified atom stereocenters. The number of nitrogens with zero attached hydrogens (tertiary/aromatic N) is 2. The Morgan fingerprint density at radius 3 is 2.27 bits per heavy atom. The number of aliphatic hydroxyl groups excluding tert-OH is 1. The molecule has 1 rings (SSSR count). The third kappa shape index (κ3) is 3.23. The molecule has 0 aliphatic heterocycles. The van der Waals surface area contributed by atoms with Crippen molar-refractivity contribution in [2.24, 2.45) is 5.92 Å². The van der Waals surface area contributed by atoms with E-state index in [0.717, 1.165) is 0 Å². The molecule has 0 saturated heterocycles. The molecule has 1 fully saturated rings. The average Bonchev–Trinajstić information content (AvgIpc) is 2.23. The minimum Gasteiger partial charge on any atom is -0.461 e. The molecule has 1 N–H and O–H groups in total. The first-order valence-electron chi connectivity index (χ1n) is 4.85. The van der Waals surface area contributed by atoms with Gasteiger partial charge >= 0.3 is 5.97 Å². The monoisotopic (exact) mass is 208 g/mol. The van der Waals surface area contributed by atoms with Crippen LogP contribution in [-0.4, -0.2) is 23.3 Å². The molecule has 0 aromatic rings. The lowest BCUT2D eigenvalue weighted by Gasteiger charge is -2.25. The first-order valence-corrected chi connectivity index (χ1v) is 4.85. The van der Waals surface area contributed by atoms with Gasteiger partial charge in [-0.25, -0.2) is 4.79 Å². The molecule has 0 spiro atoms. The van der Waals surface area contributed by atoms with Crippen molar-refractivity contribution in [3.05, 3.63) is 0 Å². The van der Waals surface area contributed by atoms with E-state index in [1.54, 1.807) is 12.1 Å². The molecule has 0 bridgehead atoms. The lowest BCUT2D eigenvalue weighted by molar-refractivity contribution is -0.152. The smallest absolute Gasteiger partial charge is 0.338 e. The SMILES string of the molecule is N#CC(C#N)C(=O)OC1CCC(O)CC1. The van der Waals surface area contributed by atoms with Gasteiger partial charge in [0.05, 0.1) is 18.2 Å². The fraction of sp³-hybridized carbons (Fsp3) is 0.700. The van der Waals surface area contributed by atoms with E-state index in [1.165, 1.54) is 0 Å². The zero-order valence-electron chi connectivity index (χ0n) is 8.22. The Kier molecular flexibility index (Phi) is 4.08. The second-order valence-corrected chi connectivity index (χ2v) is 3.56. The summed E-state index contributed by atoms with van der Waals surface area (Å²) < 4.78 is 4.99. The minimum absolute atomic E-state index is 0.259. The van der Waals surface area contributed by atoms with Crippen LogP contribution in [0.4, 0.5) is 0 Å². The molecule has 80 valence electrons. The van der Waals surface area contributed by atoms with Crippen LogP contribution in [0.25, 0.3) is 0 Å². The summed E-state index contributed by atoms with van der Waals surface area (Å²) in [7, 11) is 0. The second kappa shape index (κ2) is 5.33. The Morgan fingerprint density at radius 2 is 1.80 bits per heavy atom. The molecule has 0 amide bonds. The maximum absolute atomic E-state index is 11.2. The number of carbonyl (C=O) groups is 1. The van der Waals surface area contributed by atoms with Gasteiger partial charge in [0.2, 0.25) is 5.92 Å². The van der Waals surface area contributed by atoms with Gasteiger partial charge < -0.3 is 9.84 Å². The number of rotatable bonds is 2. The Morgan fingerprint density at radius 1 is 1.27 bits per heavy atom. The van der Waals surface area contributed by atoms with E-state index >= 15 is 0 Å². The molecule has 15 heavy (non-hydrogen) atoms. The maximum atomic E-state index is 11.2. The number of nitriles is 2. The van der Waals surface area contributed by atoms with Gasteiger partial charge in [0.15, 0.2) is 0 Å². The summed E-state index contributed by atoms with van der Waals surface area (Å²) in [4.78, 5) is 11.2. The molecule has 1 aliphatic rings. The summed E-state index contributed by atoms with van der Waals surface area (Å²) in [5.41, 5.74) is 0. The Bertz CT molecular complexity index is 294. The highest BCUT2D eigenvalue weighted by molar-refractivity contribution is 5.78. The van der Waals surface area contributed by atoms with Gasteiger partial charge in [-0.3, -0.25) is 0 Å². The number of esters is 1. The summed E-state index contributed by atoms with van der Waals surface area (Å²) >= 11 is 0. The molecule has 1 aliphatic carbocycles. The van der Waals surface area contributed by atoms with E-state index < -0.39 is 11.9 Å². The van der Waals surface area contributed by atoms with Gasteiger partial charge in [-0.05, 0) is 25.7 Å².